The molecule has 0 bridgehead atoms. The predicted octanol–water partition coefficient (Wildman–Crippen LogP) is 1.48. The Morgan fingerprint density at radius 2 is 2.25 bits per heavy atom. The zero-order valence-corrected chi connectivity index (χ0v) is 10.7. The highest BCUT2D eigenvalue weighted by atomic mass is 15.3. The standard InChI is InChI=1S/C12H22N4/c1-5-6-16-7-9-10(13-8-16)15-11(14-9)12(2,3)4/h8-10H,5-7H2,1-4H3,(H,14,15). The third-order valence-electron chi connectivity index (χ3n) is 2.98. The van der Waals surface area contributed by atoms with E-state index in [1.165, 1.54) is 0 Å². The predicted molar refractivity (Wildman–Crippen MR) is 68.0 cm³/mol. The highest BCUT2D eigenvalue weighted by Crippen LogP contribution is 2.23. The molecule has 1 N–H and O–H groups in total. The van der Waals surface area contributed by atoms with Gasteiger partial charge in [-0.05, 0) is 6.42 Å². The number of aliphatic imine (C=N–C) groups is 2. The van der Waals surface area contributed by atoms with Crippen molar-refractivity contribution in [2.75, 3.05) is 13.1 Å². The Kier molecular flexibility index (Phi) is 2.91. The Labute approximate surface area is 97.8 Å². The number of amidine groups is 1. The van der Waals surface area contributed by atoms with Crippen molar-refractivity contribution < 1.29 is 0 Å². The lowest BCUT2D eigenvalue weighted by Gasteiger charge is -2.28. The maximum absolute atomic E-state index is 4.76. The number of hydrogen-bond donors (Lipinski definition) is 1. The number of nitrogens with zero attached hydrogens (tertiary/aromatic N) is 3. The van der Waals surface area contributed by atoms with Gasteiger partial charge in [0.25, 0.3) is 0 Å². The third-order valence-corrected chi connectivity index (χ3v) is 2.98. The summed E-state index contributed by atoms with van der Waals surface area (Å²) in [6, 6.07) is 0.297. The topological polar surface area (TPSA) is 40.0 Å². The zero-order valence-electron chi connectivity index (χ0n) is 10.7. The first-order valence-electron chi connectivity index (χ1n) is 6.13. The van der Waals surface area contributed by atoms with E-state index in [1.807, 2.05) is 6.34 Å². The van der Waals surface area contributed by atoms with E-state index in [0.29, 0.717) is 6.04 Å². The van der Waals surface area contributed by atoms with Gasteiger partial charge in [-0.1, -0.05) is 27.7 Å². The Morgan fingerprint density at radius 3 is 2.88 bits per heavy atom. The number of hydrogen-bond acceptors (Lipinski definition) is 4. The lowest BCUT2D eigenvalue weighted by molar-refractivity contribution is 0.344. The van der Waals surface area contributed by atoms with Crippen LogP contribution in [0.1, 0.15) is 34.1 Å². The molecule has 0 saturated heterocycles. The van der Waals surface area contributed by atoms with Crippen molar-refractivity contribution in [1.29, 1.82) is 0 Å². The molecule has 0 amide bonds. The lowest BCUT2D eigenvalue weighted by Crippen LogP contribution is -2.46. The normalized spacial score (nSPS) is 28.8. The van der Waals surface area contributed by atoms with Crippen LogP contribution in [-0.4, -0.2) is 42.4 Å². The molecule has 2 unspecified atom stereocenters. The Balaban J connectivity index is 2.06. The van der Waals surface area contributed by atoms with Crippen LogP contribution in [0.5, 0.6) is 0 Å². The van der Waals surface area contributed by atoms with Crippen molar-refractivity contribution in [3.8, 4) is 0 Å². The molecule has 2 atom stereocenters. The van der Waals surface area contributed by atoms with Gasteiger partial charge in [0, 0.05) is 18.5 Å². The quantitative estimate of drug-likeness (QED) is 0.769. The maximum atomic E-state index is 4.76. The highest BCUT2D eigenvalue weighted by Gasteiger charge is 2.35. The molecule has 2 heterocycles. The fourth-order valence-electron chi connectivity index (χ4n) is 2.09. The van der Waals surface area contributed by atoms with Crippen LogP contribution in [0.4, 0.5) is 0 Å². The summed E-state index contributed by atoms with van der Waals surface area (Å²) in [5.41, 5.74) is 0.0996. The van der Waals surface area contributed by atoms with E-state index >= 15 is 0 Å². The van der Waals surface area contributed by atoms with E-state index in [-0.39, 0.29) is 11.6 Å². The van der Waals surface area contributed by atoms with Crippen molar-refractivity contribution in [2.45, 2.75) is 46.3 Å². The molecule has 0 radical (unpaired) electrons. The molecule has 0 aromatic rings. The van der Waals surface area contributed by atoms with E-state index in [4.69, 9.17) is 4.99 Å². The van der Waals surface area contributed by atoms with Crippen LogP contribution >= 0.6 is 0 Å². The second-order valence-corrected chi connectivity index (χ2v) is 5.64. The van der Waals surface area contributed by atoms with Crippen molar-refractivity contribution in [3.05, 3.63) is 0 Å². The molecule has 4 heteroatoms. The minimum absolute atomic E-state index is 0.0996. The average Bonchev–Trinajstić information content (AvgIpc) is 2.60. The summed E-state index contributed by atoms with van der Waals surface area (Å²) in [5, 5.41) is 3.42. The summed E-state index contributed by atoms with van der Waals surface area (Å²) < 4.78 is 0. The molecule has 0 saturated carbocycles. The lowest BCUT2D eigenvalue weighted by atomic mass is 9.95. The number of fused-ring (bicyclic) bond motifs is 1. The van der Waals surface area contributed by atoms with Gasteiger partial charge >= 0.3 is 0 Å². The second-order valence-electron chi connectivity index (χ2n) is 5.64. The van der Waals surface area contributed by atoms with E-state index < -0.39 is 0 Å². The fourth-order valence-corrected chi connectivity index (χ4v) is 2.09. The molecule has 0 aromatic carbocycles. The summed E-state index contributed by atoms with van der Waals surface area (Å²) in [4.78, 5) is 11.6. The van der Waals surface area contributed by atoms with E-state index in [9.17, 15) is 0 Å². The van der Waals surface area contributed by atoms with Gasteiger partial charge in [0.1, 0.15) is 18.0 Å². The molecule has 90 valence electrons. The van der Waals surface area contributed by atoms with Crippen molar-refractivity contribution >= 4 is 12.2 Å². The minimum atomic E-state index is 0.0996. The fraction of sp³-hybridized carbons (Fsp3) is 0.833. The van der Waals surface area contributed by atoms with Gasteiger partial charge < -0.3 is 10.2 Å². The largest absolute Gasteiger partial charge is 0.361 e. The van der Waals surface area contributed by atoms with Crippen LogP contribution in [0.15, 0.2) is 9.98 Å². The average molecular weight is 222 g/mol. The molecule has 4 nitrogen and oxygen atoms in total. The summed E-state index contributed by atoms with van der Waals surface area (Å²) in [6.07, 6.45) is 3.30. The monoisotopic (exact) mass is 222 g/mol. The van der Waals surface area contributed by atoms with Gasteiger partial charge in [0.05, 0.1) is 6.34 Å². The molecular formula is C12H22N4. The van der Waals surface area contributed by atoms with Crippen LogP contribution in [0.2, 0.25) is 0 Å². The van der Waals surface area contributed by atoms with Crippen LogP contribution in [0.3, 0.4) is 0 Å². The molecule has 0 aliphatic carbocycles. The molecule has 2 aliphatic heterocycles. The van der Waals surface area contributed by atoms with Crippen molar-refractivity contribution in [1.82, 2.24) is 10.2 Å². The molecule has 0 aromatic heterocycles. The minimum Gasteiger partial charge on any atom is -0.361 e. The van der Waals surface area contributed by atoms with Crippen LogP contribution in [0, 0.1) is 5.41 Å². The van der Waals surface area contributed by atoms with Crippen molar-refractivity contribution in [2.24, 2.45) is 15.4 Å². The molecular weight excluding hydrogens is 200 g/mol. The second kappa shape index (κ2) is 4.07. The van der Waals surface area contributed by atoms with Crippen LogP contribution < -0.4 is 5.32 Å². The molecule has 2 rings (SSSR count). The van der Waals surface area contributed by atoms with Gasteiger partial charge in [0.2, 0.25) is 0 Å². The summed E-state index contributed by atoms with van der Waals surface area (Å²) >= 11 is 0. The third kappa shape index (κ3) is 2.20. The Morgan fingerprint density at radius 1 is 1.50 bits per heavy atom. The van der Waals surface area contributed by atoms with E-state index in [0.717, 1.165) is 25.3 Å². The van der Waals surface area contributed by atoms with Gasteiger partial charge in [-0.15, -0.1) is 0 Å². The molecule has 16 heavy (non-hydrogen) atoms. The van der Waals surface area contributed by atoms with Gasteiger partial charge in [-0.3, -0.25) is 4.99 Å². The first-order chi connectivity index (χ1) is 7.50. The highest BCUT2D eigenvalue weighted by molar-refractivity contribution is 5.89. The number of nitrogens with one attached hydrogen (secondary N) is 1. The summed E-state index contributed by atoms with van der Waals surface area (Å²) in [5.74, 6) is 1.10. The van der Waals surface area contributed by atoms with Crippen LogP contribution in [-0.2, 0) is 0 Å². The maximum Gasteiger partial charge on any atom is 0.145 e. The molecule has 0 spiro atoms. The molecule has 2 aliphatic rings. The molecule has 0 fully saturated rings. The van der Waals surface area contributed by atoms with E-state index in [1.54, 1.807) is 0 Å². The van der Waals surface area contributed by atoms with Gasteiger partial charge in [-0.2, -0.15) is 0 Å². The summed E-state index contributed by atoms with van der Waals surface area (Å²) in [6.45, 7) is 10.8. The zero-order chi connectivity index (χ0) is 11.8. The number of rotatable bonds is 2. The van der Waals surface area contributed by atoms with Gasteiger partial charge in [0.15, 0.2) is 0 Å². The Bertz CT molecular complexity index is 313. The smallest absolute Gasteiger partial charge is 0.145 e. The van der Waals surface area contributed by atoms with Crippen LogP contribution in [0.25, 0.3) is 0 Å². The SMILES string of the molecule is CCCN1C=NC2NC(C(C)(C)C)=NC2C1. The Hall–Kier alpha value is -1.06. The first-order valence-corrected chi connectivity index (χ1v) is 6.13. The van der Waals surface area contributed by atoms with E-state index in [2.05, 4.69) is 42.9 Å². The first kappa shape index (κ1) is 11.4. The van der Waals surface area contributed by atoms with Crippen molar-refractivity contribution in [3.63, 3.8) is 0 Å². The van der Waals surface area contributed by atoms with Gasteiger partial charge in [-0.25, -0.2) is 4.99 Å². The summed E-state index contributed by atoms with van der Waals surface area (Å²) in [7, 11) is 0.